The first-order valence-electron chi connectivity index (χ1n) is 16.5. The molecule has 0 bridgehead atoms. The van der Waals surface area contributed by atoms with Gasteiger partial charge in [-0.1, -0.05) is 133 Å². The van der Waals surface area contributed by atoms with Gasteiger partial charge in [0.1, 0.15) is 0 Å². The lowest BCUT2D eigenvalue weighted by Gasteiger charge is -2.12. The maximum atomic E-state index is 5.20. The van der Waals surface area contributed by atoms with Gasteiger partial charge in [-0.3, -0.25) is 0 Å². The second kappa shape index (κ2) is 10.6. The summed E-state index contributed by atoms with van der Waals surface area (Å²) in [5.41, 5.74) is 14.0. The molecule has 0 amide bonds. The SMILES string of the molecule is c1ccc(-c2nc(-c3ccccc3)c3c(n2)-c2cccc(-c4ccc5cc(-n6c7ccccc7c7ccccc76)ccc5c4)c2C3)cc1. The molecular formula is C45H29N3. The monoisotopic (exact) mass is 611 g/mol. The van der Waals surface area contributed by atoms with Crippen molar-refractivity contribution in [3.63, 3.8) is 0 Å². The summed E-state index contributed by atoms with van der Waals surface area (Å²) in [5.74, 6) is 0.760. The molecule has 1 aliphatic carbocycles. The molecule has 1 aliphatic rings. The predicted octanol–water partition coefficient (Wildman–Crippen LogP) is 11.3. The van der Waals surface area contributed by atoms with E-state index in [1.165, 1.54) is 66.1 Å². The molecule has 2 aromatic heterocycles. The van der Waals surface area contributed by atoms with Crippen molar-refractivity contribution in [1.82, 2.24) is 14.5 Å². The summed E-state index contributed by atoms with van der Waals surface area (Å²) in [5, 5.41) is 5.00. The molecule has 0 aliphatic heterocycles. The molecule has 48 heavy (non-hydrogen) atoms. The highest BCUT2D eigenvalue weighted by atomic mass is 15.0. The fourth-order valence-electron chi connectivity index (χ4n) is 7.61. The van der Waals surface area contributed by atoms with Crippen LogP contribution in [-0.4, -0.2) is 14.5 Å². The minimum absolute atomic E-state index is 0.760. The lowest BCUT2D eigenvalue weighted by molar-refractivity contribution is 1.13. The lowest BCUT2D eigenvalue weighted by Crippen LogP contribution is -1.99. The van der Waals surface area contributed by atoms with E-state index in [1.807, 2.05) is 18.2 Å². The number of para-hydroxylation sites is 2. The van der Waals surface area contributed by atoms with Crippen LogP contribution in [0.1, 0.15) is 11.1 Å². The van der Waals surface area contributed by atoms with Crippen molar-refractivity contribution in [2.75, 3.05) is 0 Å². The van der Waals surface area contributed by atoms with Crippen LogP contribution in [-0.2, 0) is 6.42 Å². The first kappa shape index (κ1) is 26.9. The van der Waals surface area contributed by atoms with Gasteiger partial charge >= 0.3 is 0 Å². The molecule has 0 saturated carbocycles. The van der Waals surface area contributed by atoms with E-state index in [0.29, 0.717) is 0 Å². The highest BCUT2D eigenvalue weighted by molar-refractivity contribution is 6.09. The molecule has 0 fully saturated rings. The third-order valence-corrected chi connectivity index (χ3v) is 9.84. The Morgan fingerprint density at radius 1 is 0.417 bits per heavy atom. The van der Waals surface area contributed by atoms with E-state index in [9.17, 15) is 0 Å². The molecule has 7 aromatic carbocycles. The molecule has 0 unspecified atom stereocenters. The minimum Gasteiger partial charge on any atom is -0.309 e. The van der Waals surface area contributed by atoms with Crippen LogP contribution in [0.2, 0.25) is 0 Å². The van der Waals surface area contributed by atoms with Crippen molar-refractivity contribution >= 4 is 32.6 Å². The zero-order valence-corrected chi connectivity index (χ0v) is 26.1. The molecule has 3 nitrogen and oxygen atoms in total. The first-order chi connectivity index (χ1) is 23.8. The van der Waals surface area contributed by atoms with Crippen molar-refractivity contribution in [2.24, 2.45) is 0 Å². The molecule has 2 heterocycles. The zero-order valence-electron chi connectivity index (χ0n) is 26.1. The fourth-order valence-corrected chi connectivity index (χ4v) is 7.61. The fraction of sp³-hybridized carbons (Fsp3) is 0.0222. The third-order valence-electron chi connectivity index (χ3n) is 9.84. The van der Waals surface area contributed by atoms with Gasteiger partial charge in [0, 0.05) is 45.1 Å². The summed E-state index contributed by atoms with van der Waals surface area (Å²) in [6.07, 6.45) is 0.797. The van der Waals surface area contributed by atoms with Gasteiger partial charge in [0.05, 0.1) is 22.4 Å². The summed E-state index contributed by atoms with van der Waals surface area (Å²) in [6.45, 7) is 0. The molecule has 10 rings (SSSR count). The third kappa shape index (κ3) is 4.14. The summed E-state index contributed by atoms with van der Waals surface area (Å²) in [4.78, 5) is 10.4. The number of benzene rings is 7. The van der Waals surface area contributed by atoms with Gasteiger partial charge in [-0.2, -0.15) is 0 Å². The Morgan fingerprint density at radius 3 is 1.77 bits per heavy atom. The van der Waals surface area contributed by atoms with E-state index >= 15 is 0 Å². The number of hydrogen-bond donors (Lipinski definition) is 0. The Labute approximate surface area is 278 Å². The van der Waals surface area contributed by atoms with E-state index in [0.717, 1.165) is 34.8 Å². The lowest BCUT2D eigenvalue weighted by atomic mass is 9.94. The molecule has 3 heteroatoms. The van der Waals surface area contributed by atoms with Gasteiger partial charge in [-0.05, 0) is 57.8 Å². The van der Waals surface area contributed by atoms with E-state index in [1.54, 1.807) is 0 Å². The average Bonchev–Trinajstić information content (AvgIpc) is 3.71. The maximum absolute atomic E-state index is 5.20. The van der Waals surface area contributed by atoms with E-state index in [2.05, 4.69) is 150 Å². The Hall–Kier alpha value is -6.32. The smallest absolute Gasteiger partial charge is 0.160 e. The number of fused-ring (bicyclic) bond motifs is 7. The Balaban J connectivity index is 1.09. The Morgan fingerprint density at radius 2 is 1.02 bits per heavy atom. The molecule has 0 radical (unpaired) electrons. The molecule has 0 spiro atoms. The largest absolute Gasteiger partial charge is 0.309 e. The normalized spacial score (nSPS) is 12.1. The zero-order chi connectivity index (χ0) is 31.6. The Bertz CT molecular complexity index is 2630. The standard InChI is InChI=1S/C45H29N3/c1-3-12-29(13-4-1)43-40-28-39-35(18-11-19-38(39)44(40)47-45(46-43)30-14-5-2-6-15-30)33-23-22-32-27-34(25-24-31(32)26-33)48-41-20-9-7-16-36(41)37-17-8-10-21-42(37)48/h1-27H,28H2. The molecular weight excluding hydrogens is 583 g/mol. The maximum Gasteiger partial charge on any atom is 0.160 e. The van der Waals surface area contributed by atoms with Crippen molar-refractivity contribution in [2.45, 2.75) is 6.42 Å². The van der Waals surface area contributed by atoms with Gasteiger partial charge in [0.15, 0.2) is 5.82 Å². The molecule has 0 saturated heterocycles. The molecule has 0 atom stereocenters. The summed E-state index contributed by atoms with van der Waals surface area (Å²) in [6, 6.07) is 58.6. The topological polar surface area (TPSA) is 30.7 Å². The van der Waals surface area contributed by atoms with Crippen LogP contribution in [0.15, 0.2) is 164 Å². The van der Waals surface area contributed by atoms with Gasteiger partial charge in [-0.25, -0.2) is 9.97 Å². The number of rotatable bonds is 4. The van der Waals surface area contributed by atoms with Gasteiger partial charge in [0.25, 0.3) is 0 Å². The highest BCUT2D eigenvalue weighted by Gasteiger charge is 2.28. The second-order valence-corrected chi connectivity index (χ2v) is 12.6. The van der Waals surface area contributed by atoms with E-state index in [4.69, 9.17) is 9.97 Å². The minimum atomic E-state index is 0.760. The highest BCUT2D eigenvalue weighted by Crippen LogP contribution is 2.45. The first-order valence-corrected chi connectivity index (χ1v) is 16.5. The number of hydrogen-bond acceptors (Lipinski definition) is 2. The number of nitrogens with zero attached hydrogens (tertiary/aromatic N) is 3. The number of aromatic nitrogens is 3. The van der Waals surface area contributed by atoms with Crippen LogP contribution in [0, 0.1) is 0 Å². The van der Waals surface area contributed by atoms with Crippen LogP contribution in [0.5, 0.6) is 0 Å². The van der Waals surface area contributed by atoms with Crippen molar-refractivity contribution in [3.05, 3.63) is 175 Å². The molecule has 9 aromatic rings. The predicted molar refractivity (Wildman–Crippen MR) is 198 cm³/mol. The van der Waals surface area contributed by atoms with Crippen LogP contribution in [0.25, 0.3) is 83.3 Å². The quantitative estimate of drug-likeness (QED) is 0.198. The van der Waals surface area contributed by atoms with Crippen LogP contribution >= 0.6 is 0 Å². The van der Waals surface area contributed by atoms with Crippen LogP contribution < -0.4 is 0 Å². The molecule has 224 valence electrons. The van der Waals surface area contributed by atoms with Crippen LogP contribution in [0.3, 0.4) is 0 Å². The summed E-state index contributed by atoms with van der Waals surface area (Å²) in [7, 11) is 0. The summed E-state index contributed by atoms with van der Waals surface area (Å²) < 4.78 is 2.38. The van der Waals surface area contributed by atoms with Gasteiger partial charge < -0.3 is 4.57 Å². The Kier molecular flexibility index (Phi) is 5.94. The molecule has 0 N–H and O–H groups in total. The van der Waals surface area contributed by atoms with E-state index in [-0.39, 0.29) is 0 Å². The van der Waals surface area contributed by atoms with Gasteiger partial charge in [0.2, 0.25) is 0 Å². The van der Waals surface area contributed by atoms with Crippen LogP contribution in [0.4, 0.5) is 0 Å². The van der Waals surface area contributed by atoms with Crippen molar-refractivity contribution in [3.8, 4) is 50.7 Å². The summed E-state index contributed by atoms with van der Waals surface area (Å²) >= 11 is 0. The van der Waals surface area contributed by atoms with Gasteiger partial charge in [-0.15, -0.1) is 0 Å². The average molecular weight is 612 g/mol. The second-order valence-electron chi connectivity index (χ2n) is 12.6. The van der Waals surface area contributed by atoms with Crippen molar-refractivity contribution < 1.29 is 0 Å². The van der Waals surface area contributed by atoms with E-state index < -0.39 is 0 Å². The van der Waals surface area contributed by atoms with Crippen molar-refractivity contribution in [1.29, 1.82) is 0 Å².